The fourth-order valence-corrected chi connectivity index (χ4v) is 5.24. The van der Waals surface area contributed by atoms with Gasteiger partial charge in [-0.3, -0.25) is 9.59 Å². The van der Waals surface area contributed by atoms with Crippen molar-refractivity contribution in [3.05, 3.63) is 53.8 Å². The summed E-state index contributed by atoms with van der Waals surface area (Å²) < 4.78 is 29.7. The van der Waals surface area contributed by atoms with Crippen LogP contribution in [0.4, 0.5) is 4.39 Å². The number of methoxy groups -OCH3 is 2. The lowest BCUT2D eigenvalue weighted by atomic mass is 9.84. The summed E-state index contributed by atoms with van der Waals surface area (Å²) in [7, 11) is 3.20. The molecule has 0 aliphatic carbocycles. The van der Waals surface area contributed by atoms with Gasteiger partial charge in [0.15, 0.2) is 11.5 Å². The van der Waals surface area contributed by atoms with Gasteiger partial charge >= 0.3 is 0 Å². The van der Waals surface area contributed by atoms with Crippen molar-refractivity contribution < 1.29 is 28.2 Å². The molecule has 2 saturated heterocycles. The first-order valence-electron chi connectivity index (χ1n) is 12.6. The largest absolute Gasteiger partial charge is 0.493 e. The summed E-state index contributed by atoms with van der Waals surface area (Å²) in [6.07, 6.45) is 4.66. The summed E-state index contributed by atoms with van der Waals surface area (Å²) in [5, 5.41) is 3.16. The number of nitrogens with one attached hydrogen (secondary N) is 1. The van der Waals surface area contributed by atoms with Gasteiger partial charge in [0.05, 0.1) is 20.8 Å². The van der Waals surface area contributed by atoms with Crippen LogP contribution >= 0.6 is 0 Å². The molecule has 2 aromatic rings. The van der Waals surface area contributed by atoms with E-state index in [1.165, 1.54) is 12.1 Å². The van der Waals surface area contributed by atoms with Crippen molar-refractivity contribution in [2.24, 2.45) is 5.92 Å². The molecule has 2 fully saturated rings. The number of ether oxygens (including phenoxy) is 3. The molecule has 0 bridgehead atoms. The average molecular weight is 499 g/mol. The standard InChI is InChI=1S/C28H35FN2O5/c1-34-24-10-5-20(16-25(24)35-2)17-28(13-11-26(32)30-28)14-12-27(33)31-15-3-4-21(18-31)19-36-23-8-6-22(29)7-9-23/h5-10,16,21H,3-4,11-15,17-19H2,1-2H3,(H,30,32)/t21-,28-/m1/s1. The predicted octanol–water partition coefficient (Wildman–Crippen LogP) is 4.13. The molecule has 0 saturated carbocycles. The fraction of sp³-hybridized carbons (Fsp3) is 0.500. The van der Waals surface area contributed by atoms with Crippen molar-refractivity contribution >= 4 is 11.8 Å². The Morgan fingerprint density at radius 3 is 2.61 bits per heavy atom. The number of piperidine rings is 1. The molecule has 2 aliphatic rings. The molecular formula is C28H35FN2O5. The lowest BCUT2D eigenvalue weighted by molar-refractivity contribution is -0.134. The molecule has 2 aromatic carbocycles. The van der Waals surface area contributed by atoms with Crippen LogP contribution in [-0.4, -0.2) is 56.2 Å². The van der Waals surface area contributed by atoms with E-state index in [1.807, 2.05) is 23.1 Å². The van der Waals surface area contributed by atoms with Gasteiger partial charge < -0.3 is 24.4 Å². The number of nitrogens with zero attached hydrogens (tertiary/aromatic N) is 1. The van der Waals surface area contributed by atoms with Gasteiger partial charge in [-0.05, 0) is 74.1 Å². The minimum atomic E-state index is -0.451. The molecule has 194 valence electrons. The summed E-state index contributed by atoms with van der Waals surface area (Å²) in [6.45, 7) is 1.88. The minimum absolute atomic E-state index is 0.0268. The first-order valence-corrected chi connectivity index (χ1v) is 12.6. The Morgan fingerprint density at radius 1 is 1.14 bits per heavy atom. The molecule has 0 radical (unpaired) electrons. The van der Waals surface area contributed by atoms with E-state index in [9.17, 15) is 14.0 Å². The molecule has 2 aliphatic heterocycles. The number of halogens is 1. The van der Waals surface area contributed by atoms with E-state index in [2.05, 4.69) is 5.32 Å². The Morgan fingerprint density at radius 2 is 1.92 bits per heavy atom. The van der Waals surface area contributed by atoms with Crippen LogP contribution in [0.1, 0.15) is 44.1 Å². The van der Waals surface area contributed by atoms with Gasteiger partial charge in [0.1, 0.15) is 11.6 Å². The zero-order valence-electron chi connectivity index (χ0n) is 21.1. The number of carbonyl (C=O) groups excluding carboxylic acids is 2. The van der Waals surface area contributed by atoms with Gasteiger partial charge in [-0.15, -0.1) is 0 Å². The molecule has 7 nitrogen and oxygen atoms in total. The summed E-state index contributed by atoms with van der Waals surface area (Å²) in [5.41, 5.74) is 0.575. The summed E-state index contributed by atoms with van der Waals surface area (Å²) in [5.74, 6) is 2.01. The molecule has 0 aromatic heterocycles. The number of carbonyl (C=O) groups is 2. The van der Waals surface area contributed by atoms with Crippen LogP contribution in [0.25, 0.3) is 0 Å². The van der Waals surface area contributed by atoms with Crippen LogP contribution in [0.5, 0.6) is 17.2 Å². The molecule has 8 heteroatoms. The van der Waals surface area contributed by atoms with Crippen LogP contribution in [0.2, 0.25) is 0 Å². The first-order chi connectivity index (χ1) is 17.4. The number of hydrogen-bond donors (Lipinski definition) is 1. The predicted molar refractivity (Wildman–Crippen MR) is 134 cm³/mol. The maximum atomic E-state index is 13.2. The number of rotatable bonds is 10. The molecule has 0 spiro atoms. The summed E-state index contributed by atoms with van der Waals surface area (Å²) >= 11 is 0. The quantitative estimate of drug-likeness (QED) is 0.533. The smallest absolute Gasteiger partial charge is 0.222 e. The highest BCUT2D eigenvalue weighted by Crippen LogP contribution is 2.34. The highest BCUT2D eigenvalue weighted by molar-refractivity contribution is 5.80. The van der Waals surface area contributed by atoms with Crippen molar-refractivity contribution in [1.82, 2.24) is 10.2 Å². The van der Waals surface area contributed by atoms with Gasteiger partial charge in [0.2, 0.25) is 11.8 Å². The van der Waals surface area contributed by atoms with Gasteiger partial charge in [0.25, 0.3) is 0 Å². The van der Waals surface area contributed by atoms with Crippen molar-refractivity contribution in [1.29, 1.82) is 0 Å². The number of hydrogen-bond acceptors (Lipinski definition) is 5. The van der Waals surface area contributed by atoms with Crippen LogP contribution in [0.3, 0.4) is 0 Å². The van der Waals surface area contributed by atoms with E-state index in [1.54, 1.807) is 26.4 Å². The Kier molecular flexibility index (Phi) is 8.33. The topological polar surface area (TPSA) is 77.1 Å². The third-order valence-corrected chi connectivity index (χ3v) is 7.21. The van der Waals surface area contributed by atoms with E-state index in [0.29, 0.717) is 62.5 Å². The van der Waals surface area contributed by atoms with E-state index < -0.39 is 5.54 Å². The maximum absolute atomic E-state index is 13.2. The number of likely N-dealkylation sites (tertiary alicyclic amines) is 1. The fourth-order valence-electron chi connectivity index (χ4n) is 5.24. The SMILES string of the molecule is COc1ccc(C[C@]2(CCC(=O)N3CCC[C@@H](COc4ccc(F)cc4)C3)CCC(=O)N2)cc1OC. The van der Waals surface area contributed by atoms with E-state index in [0.717, 1.165) is 24.9 Å². The highest BCUT2D eigenvalue weighted by Gasteiger charge is 2.38. The average Bonchev–Trinajstić information content (AvgIpc) is 3.27. The number of amides is 2. The van der Waals surface area contributed by atoms with Gasteiger partial charge in [-0.2, -0.15) is 0 Å². The van der Waals surface area contributed by atoms with Gasteiger partial charge in [-0.25, -0.2) is 4.39 Å². The second-order valence-corrected chi connectivity index (χ2v) is 9.81. The zero-order valence-corrected chi connectivity index (χ0v) is 21.1. The second kappa shape index (κ2) is 11.6. The zero-order chi connectivity index (χ0) is 25.5. The molecular weight excluding hydrogens is 463 g/mol. The molecule has 0 unspecified atom stereocenters. The van der Waals surface area contributed by atoms with Crippen LogP contribution in [-0.2, 0) is 16.0 Å². The molecule has 2 atom stereocenters. The monoisotopic (exact) mass is 498 g/mol. The normalized spacial score (nSPS) is 21.7. The van der Waals surface area contributed by atoms with E-state index >= 15 is 0 Å². The third kappa shape index (κ3) is 6.47. The lowest BCUT2D eigenvalue weighted by Crippen LogP contribution is -2.46. The van der Waals surface area contributed by atoms with Gasteiger partial charge in [0, 0.05) is 37.4 Å². The maximum Gasteiger partial charge on any atom is 0.222 e. The van der Waals surface area contributed by atoms with Gasteiger partial charge in [-0.1, -0.05) is 6.07 Å². The Balaban J connectivity index is 1.34. The van der Waals surface area contributed by atoms with Crippen LogP contribution < -0.4 is 19.5 Å². The first kappa shape index (κ1) is 25.8. The third-order valence-electron chi connectivity index (χ3n) is 7.21. The Bertz CT molecular complexity index is 1060. The molecule has 2 amide bonds. The van der Waals surface area contributed by atoms with Crippen LogP contribution in [0, 0.1) is 11.7 Å². The van der Waals surface area contributed by atoms with Crippen molar-refractivity contribution in [3.63, 3.8) is 0 Å². The molecule has 2 heterocycles. The van der Waals surface area contributed by atoms with E-state index in [4.69, 9.17) is 14.2 Å². The summed E-state index contributed by atoms with van der Waals surface area (Å²) in [4.78, 5) is 27.3. The van der Waals surface area contributed by atoms with Crippen LogP contribution in [0.15, 0.2) is 42.5 Å². The Hall–Kier alpha value is -3.29. The summed E-state index contributed by atoms with van der Waals surface area (Å²) in [6, 6.07) is 11.8. The second-order valence-electron chi connectivity index (χ2n) is 9.81. The molecule has 36 heavy (non-hydrogen) atoms. The Labute approximate surface area is 211 Å². The number of benzene rings is 2. The highest BCUT2D eigenvalue weighted by atomic mass is 19.1. The molecule has 1 N–H and O–H groups in total. The van der Waals surface area contributed by atoms with Crippen molar-refractivity contribution in [2.45, 2.75) is 50.5 Å². The van der Waals surface area contributed by atoms with Crippen molar-refractivity contribution in [3.8, 4) is 17.2 Å². The molecule has 4 rings (SSSR count). The van der Waals surface area contributed by atoms with E-state index in [-0.39, 0.29) is 23.5 Å². The minimum Gasteiger partial charge on any atom is -0.493 e. The lowest BCUT2D eigenvalue weighted by Gasteiger charge is -2.34. The van der Waals surface area contributed by atoms with Crippen molar-refractivity contribution in [2.75, 3.05) is 33.9 Å².